The van der Waals surface area contributed by atoms with Gasteiger partial charge in [-0.2, -0.15) is 0 Å². The van der Waals surface area contributed by atoms with Crippen LogP contribution in [0.2, 0.25) is 5.02 Å². The summed E-state index contributed by atoms with van der Waals surface area (Å²) >= 11 is 6.20. The highest BCUT2D eigenvalue weighted by molar-refractivity contribution is 6.31. The van der Waals surface area contributed by atoms with Crippen LogP contribution in [0.5, 0.6) is 0 Å². The van der Waals surface area contributed by atoms with Crippen LogP contribution >= 0.6 is 24.0 Å². The van der Waals surface area contributed by atoms with E-state index in [-0.39, 0.29) is 18.3 Å². The quantitative estimate of drug-likeness (QED) is 0.904. The summed E-state index contributed by atoms with van der Waals surface area (Å²) in [6.45, 7) is 1.01. The summed E-state index contributed by atoms with van der Waals surface area (Å²) in [6.07, 6.45) is 4.66. The Kier molecular flexibility index (Phi) is 7.35. The third kappa shape index (κ3) is 4.37. The fourth-order valence-electron chi connectivity index (χ4n) is 2.70. The first-order valence-electron chi connectivity index (χ1n) is 6.90. The van der Waals surface area contributed by atoms with Gasteiger partial charge in [0.2, 0.25) is 5.91 Å². The van der Waals surface area contributed by atoms with Gasteiger partial charge in [-0.15, -0.1) is 12.4 Å². The van der Waals surface area contributed by atoms with Crippen LogP contribution in [0.4, 0.5) is 0 Å². The van der Waals surface area contributed by atoms with Gasteiger partial charge in [0.25, 0.3) is 0 Å². The molecule has 0 radical (unpaired) electrons. The van der Waals surface area contributed by atoms with Crippen molar-refractivity contribution in [3.63, 3.8) is 0 Å². The zero-order chi connectivity index (χ0) is 13.7. The maximum Gasteiger partial charge on any atom is 0.237 e. The minimum absolute atomic E-state index is 0. The van der Waals surface area contributed by atoms with Gasteiger partial charge in [-0.25, -0.2) is 0 Å². The largest absolute Gasteiger partial charge is 0.334 e. The van der Waals surface area contributed by atoms with E-state index in [2.05, 4.69) is 5.32 Å². The van der Waals surface area contributed by atoms with E-state index >= 15 is 0 Å². The van der Waals surface area contributed by atoms with E-state index in [1.807, 2.05) is 29.2 Å². The Hall–Kier alpha value is -0.770. The third-order valence-electron chi connectivity index (χ3n) is 3.71. The van der Waals surface area contributed by atoms with Crippen molar-refractivity contribution < 1.29 is 4.79 Å². The number of halogens is 2. The van der Waals surface area contributed by atoms with Crippen LogP contribution in [-0.2, 0) is 11.3 Å². The topological polar surface area (TPSA) is 32.3 Å². The van der Waals surface area contributed by atoms with E-state index in [0.29, 0.717) is 19.1 Å². The normalized spacial score (nSPS) is 14.9. The number of carbonyl (C=O) groups excluding carboxylic acids is 1. The fraction of sp³-hybridized carbons (Fsp3) is 0.533. The maximum absolute atomic E-state index is 12.3. The van der Waals surface area contributed by atoms with E-state index in [1.54, 1.807) is 7.05 Å². The van der Waals surface area contributed by atoms with E-state index in [9.17, 15) is 4.79 Å². The van der Waals surface area contributed by atoms with Crippen LogP contribution in [0, 0.1) is 0 Å². The highest BCUT2D eigenvalue weighted by Gasteiger charge is 2.26. The minimum atomic E-state index is 0. The Morgan fingerprint density at radius 2 is 2.00 bits per heavy atom. The lowest BCUT2D eigenvalue weighted by molar-refractivity contribution is -0.133. The van der Waals surface area contributed by atoms with Gasteiger partial charge < -0.3 is 10.2 Å². The van der Waals surface area contributed by atoms with Crippen molar-refractivity contribution in [2.24, 2.45) is 0 Å². The molecule has 1 aromatic carbocycles. The third-order valence-corrected chi connectivity index (χ3v) is 4.08. The van der Waals surface area contributed by atoms with Gasteiger partial charge in [-0.1, -0.05) is 42.6 Å². The number of rotatable bonds is 5. The molecule has 112 valence electrons. The predicted octanol–water partition coefficient (Wildman–Crippen LogP) is 3.25. The first-order valence-corrected chi connectivity index (χ1v) is 7.27. The summed E-state index contributed by atoms with van der Waals surface area (Å²) in [7, 11) is 1.81. The molecule has 1 aliphatic carbocycles. The number of benzene rings is 1. The second-order valence-corrected chi connectivity index (χ2v) is 5.49. The molecule has 0 saturated heterocycles. The smallest absolute Gasteiger partial charge is 0.237 e. The lowest BCUT2D eigenvalue weighted by atomic mass is 10.1. The van der Waals surface area contributed by atoms with Crippen LogP contribution in [0.25, 0.3) is 0 Å². The second kappa shape index (κ2) is 8.50. The highest BCUT2D eigenvalue weighted by atomic mass is 35.5. The van der Waals surface area contributed by atoms with Crippen molar-refractivity contribution in [3.05, 3.63) is 34.9 Å². The van der Waals surface area contributed by atoms with Crippen LogP contribution in [-0.4, -0.2) is 30.4 Å². The first kappa shape index (κ1) is 17.3. The fourth-order valence-corrected chi connectivity index (χ4v) is 2.90. The molecule has 20 heavy (non-hydrogen) atoms. The predicted molar refractivity (Wildman–Crippen MR) is 85.4 cm³/mol. The molecule has 1 fully saturated rings. The zero-order valence-electron chi connectivity index (χ0n) is 11.8. The lowest BCUT2D eigenvalue weighted by Gasteiger charge is -2.29. The number of carbonyl (C=O) groups is 1. The Morgan fingerprint density at radius 1 is 1.35 bits per heavy atom. The summed E-state index contributed by atoms with van der Waals surface area (Å²) in [5.41, 5.74) is 1.03. The highest BCUT2D eigenvalue weighted by Crippen LogP contribution is 2.26. The Bertz CT molecular complexity index is 434. The molecule has 5 heteroatoms. The van der Waals surface area contributed by atoms with Crippen molar-refractivity contribution in [2.45, 2.75) is 38.3 Å². The average molecular weight is 317 g/mol. The number of nitrogens with one attached hydrogen (secondary N) is 1. The summed E-state index contributed by atoms with van der Waals surface area (Å²) in [5, 5.41) is 3.69. The van der Waals surface area contributed by atoms with Crippen molar-refractivity contribution >= 4 is 29.9 Å². The van der Waals surface area contributed by atoms with Crippen LogP contribution < -0.4 is 5.32 Å². The molecule has 2 rings (SSSR count). The molecule has 1 aliphatic rings. The van der Waals surface area contributed by atoms with Crippen LogP contribution in [0.3, 0.4) is 0 Å². The average Bonchev–Trinajstić information content (AvgIpc) is 2.91. The van der Waals surface area contributed by atoms with Crippen LogP contribution in [0.15, 0.2) is 24.3 Å². The molecule has 0 heterocycles. The van der Waals surface area contributed by atoms with Crippen LogP contribution in [0.1, 0.15) is 31.2 Å². The number of hydrogen-bond donors (Lipinski definition) is 1. The molecule has 0 unspecified atom stereocenters. The number of nitrogens with zero attached hydrogens (tertiary/aromatic N) is 1. The molecule has 0 atom stereocenters. The summed E-state index contributed by atoms with van der Waals surface area (Å²) in [4.78, 5) is 14.3. The molecule has 3 nitrogen and oxygen atoms in total. The molecule has 1 amide bonds. The van der Waals surface area contributed by atoms with Gasteiger partial charge in [0.05, 0.1) is 6.54 Å². The summed E-state index contributed by atoms with van der Waals surface area (Å²) in [6, 6.07) is 8.14. The number of amides is 1. The van der Waals surface area contributed by atoms with Crippen molar-refractivity contribution in [1.82, 2.24) is 10.2 Å². The molecule has 0 aromatic heterocycles. The molecule has 1 aromatic rings. The van der Waals surface area contributed by atoms with Gasteiger partial charge >= 0.3 is 0 Å². The van der Waals surface area contributed by atoms with E-state index in [1.165, 1.54) is 12.8 Å². The summed E-state index contributed by atoms with van der Waals surface area (Å²) < 4.78 is 0. The molecule has 0 aliphatic heterocycles. The molecule has 1 N–H and O–H groups in total. The van der Waals surface area contributed by atoms with Crippen molar-refractivity contribution in [3.8, 4) is 0 Å². The van der Waals surface area contributed by atoms with E-state index in [0.717, 1.165) is 23.4 Å². The van der Waals surface area contributed by atoms with E-state index < -0.39 is 0 Å². The first-order chi connectivity index (χ1) is 9.22. The van der Waals surface area contributed by atoms with Gasteiger partial charge in [0.1, 0.15) is 0 Å². The standard InChI is InChI=1S/C15H21ClN2O.ClH/c1-17-10-15(19)18(13-7-3-4-8-13)11-12-6-2-5-9-14(12)16;/h2,5-6,9,13,17H,3-4,7-8,10-11H2,1H3;1H. The molecule has 0 spiro atoms. The molecule has 0 bridgehead atoms. The Balaban J connectivity index is 0.00000200. The molecule has 1 saturated carbocycles. The molecular weight excluding hydrogens is 295 g/mol. The van der Waals surface area contributed by atoms with Crippen molar-refractivity contribution in [1.29, 1.82) is 0 Å². The minimum Gasteiger partial charge on any atom is -0.334 e. The monoisotopic (exact) mass is 316 g/mol. The summed E-state index contributed by atoms with van der Waals surface area (Å²) in [5.74, 6) is 0.161. The number of likely N-dealkylation sites (N-methyl/N-ethyl adjacent to an activating group) is 1. The van der Waals surface area contributed by atoms with E-state index in [4.69, 9.17) is 11.6 Å². The molecular formula is C15H22Cl2N2O. The Labute approximate surface area is 132 Å². The second-order valence-electron chi connectivity index (χ2n) is 5.08. The van der Waals surface area contributed by atoms with Gasteiger partial charge in [-0.05, 0) is 31.5 Å². The van der Waals surface area contributed by atoms with Gasteiger partial charge in [-0.3, -0.25) is 4.79 Å². The number of hydrogen-bond acceptors (Lipinski definition) is 2. The lowest BCUT2D eigenvalue weighted by Crippen LogP contribution is -2.42. The van der Waals surface area contributed by atoms with Gasteiger partial charge in [0, 0.05) is 17.6 Å². The van der Waals surface area contributed by atoms with Crippen molar-refractivity contribution in [2.75, 3.05) is 13.6 Å². The Morgan fingerprint density at radius 3 is 2.60 bits per heavy atom. The zero-order valence-corrected chi connectivity index (χ0v) is 13.3. The maximum atomic E-state index is 12.3. The SMILES string of the molecule is CNCC(=O)N(Cc1ccccc1Cl)C1CCCC1.Cl. The van der Waals surface area contributed by atoms with Gasteiger partial charge in [0.15, 0.2) is 0 Å².